The molecule has 0 aliphatic rings. The van der Waals surface area contributed by atoms with E-state index in [9.17, 15) is 14.4 Å². The van der Waals surface area contributed by atoms with Crippen molar-refractivity contribution in [2.24, 2.45) is 0 Å². The summed E-state index contributed by atoms with van der Waals surface area (Å²) in [5.41, 5.74) is 0. The van der Waals surface area contributed by atoms with Crippen molar-refractivity contribution in [3.8, 4) is 0 Å². The Morgan fingerprint density at radius 1 is 0.328 bits per heavy atom. The van der Waals surface area contributed by atoms with Crippen LogP contribution in [-0.4, -0.2) is 37.2 Å². The van der Waals surface area contributed by atoms with Gasteiger partial charge in [0.1, 0.15) is 13.2 Å². The first-order valence-corrected chi connectivity index (χ1v) is 25.9. The molecule has 0 spiro atoms. The molecule has 0 heterocycles. The molecular weight excluding hydrogens is 793 g/mol. The molecule has 1 atom stereocenters. The van der Waals surface area contributed by atoms with Gasteiger partial charge < -0.3 is 14.2 Å². The highest BCUT2D eigenvalue weighted by Gasteiger charge is 2.19. The Labute approximate surface area is 393 Å². The summed E-state index contributed by atoms with van der Waals surface area (Å²) in [5, 5.41) is 0. The van der Waals surface area contributed by atoms with Gasteiger partial charge in [-0.1, -0.05) is 220 Å². The summed E-state index contributed by atoms with van der Waals surface area (Å²) in [5.74, 6) is -1.02. The minimum absolute atomic E-state index is 0.113. The van der Waals surface area contributed by atoms with Gasteiger partial charge in [-0.15, -0.1) is 0 Å². The van der Waals surface area contributed by atoms with Gasteiger partial charge in [-0.05, 0) is 89.9 Å². The Bertz CT molecular complexity index is 1340. The largest absolute Gasteiger partial charge is 0.462 e. The lowest BCUT2D eigenvalue weighted by Gasteiger charge is -2.18. The molecule has 0 N–H and O–H groups in total. The van der Waals surface area contributed by atoms with Crippen LogP contribution in [0.5, 0.6) is 0 Å². The second-order valence-electron chi connectivity index (χ2n) is 16.7. The third-order valence-electron chi connectivity index (χ3n) is 10.5. The van der Waals surface area contributed by atoms with Crippen LogP contribution in [0.25, 0.3) is 0 Å². The fourth-order valence-electron chi connectivity index (χ4n) is 6.72. The molecule has 0 aliphatic carbocycles. The van der Waals surface area contributed by atoms with E-state index in [1.165, 1.54) is 57.8 Å². The number of ether oxygens (including phenoxy) is 3. The molecule has 0 saturated heterocycles. The summed E-state index contributed by atoms with van der Waals surface area (Å²) < 4.78 is 16.7. The molecule has 0 radical (unpaired) electrons. The maximum absolute atomic E-state index is 12.7. The van der Waals surface area contributed by atoms with Gasteiger partial charge in [0.2, 0.25) is 0 Å². The highest BCUT2D eigenvalue weighted by Crippen LogP contribution is 2.14. The summed E-state index contributed by atoms with van der Waals surface area (Å²) in [4.78, 5) is 37.9. The van der Waals surface area contributed by atoms with Crippen LogP contribution in [-0.2, 0) is 28.6 Å². The minimum Gasteiger partial charge on any atom is -0.462 e. The lowest BCUT2D eigenvalue weighted by atomic mass is 10.0. The standard InChI is InChI=1S/C58H94O6/c1-4-7-10-13-16-19-22-25-26-27-28-29-30-31-32-34-36-39-42-45-48-51-57(60)63-54-55(53-62-56(59)50-47-44-41-38-35-24-21-18-15-12-9-6-3)64-58(61)52-49-46-43-40-37-33-23-20-17-14-11-8-5-2/h7-8,10-11,16-17,19-20,25-26,28-29,31-33,37,43,46,55H,4-6,9,12-15,18,21-24,27,30,34-36,38-42,44-45,47-54H2,1-3H3/b10-7-,11-8-,19-16-,20-17-,26-25-,29-28-,32-31-,37-33-,46-43-. The van der Waals surface area contributed by atoms with E-state index in [1.807, 2.05) is 12.2 Å². The molecule has 0 aromatic rings. The van der Waals surface area contributed by atoms with Gasteiger partial charge in [-0.3, -0.25) is 14.4 Å². The fraction of sp³-hybridized carbons (Fsp3) is 0.638. The Balaban J connectivity index is 4.46. The summed E-state index contributed by atoms with van der Waals surface area (Å²) in [6.45, 7) is 6.31. The smallest absolute Gasteiger partial charge is 0.306 e. The van der Waals surface area contributed by atoms with Crippen molar-refractivity contribution in [3.63, 3.8) is 0 Å². The summed E-state index contributed by atoms with van der Waals surface area (Å²) in [6.07, 6.45) is 69.4. The molecule has 0 bridgehead atoms. The second-order valence-corrected chi connectivity index (χ2v) is 16.7. The first kappa shape index (κ1) is 60.1. The normalized spacial score (nSPS) is 13.0. The zero-order valence-electron chi connectivity index (χ0n) is 41.3. The number of rotatable bonds is 45. The van der Waals surface area contributed by atoms with Crippen LogP contribution < -0.4 is 0 Å². The van der Waals surface area contributed by atoms with E-state index in [2.05, 4.69) is 118 Å². The molecular formula is C58H94O6. The lowest BCUT2D eigenvalue weighted by Crippen LogP contribution is -2.30. The third kappa shape index (κ3) is 49.1. The predicted octanol–water partition coefficient (Wildman–Crippen LogP) is 17.1. The van der Waals surface area contributed by atoms with Gasteiger partial charge in [0, 0.05) is 19.3 Å². The van der Waals surface area contributed by atoms with Crippen LogP contribution in [0.1, 0.15) is 220 Å². The van der Waals surface area contributed by atoms with Gasteiger partial charge in [0.05, 0.1) is 0 Å². The average Bonchev–Trinajstić information content (AvgIpc) is 3.29. The first-order valence-electron chi connectivity index (χ1n) is 25.9. The molecule has 0 saturated carbocycles. The molecule has 6 nitrogen and oxygen atoms in total. The number of esters is 3. The predicted molar refractivity (Wildman–Crippen MR) is 274 cm³/mol. The van der Waals surface area contributed by atoms with Crippen molar-refractivity contribution in [2.45, 2.75) is 226 Å². The molecule has 0 rings (SSSR count). The van der Waals surface area contributed by atoms with Crippen LogP contribution in [0.15, 0.2) is 109 Å². The van der Waals surface area contributed by atoms with E-state index < -0.39 is 12.1 Å². The Morgan fingerprint density at radius 3 is 1.02 bits per heavy atom. The maximum atomic E-state index is 12.7. The summed E-state index contributed by atoms with van der Waals surface area (Å²) in [6, 6.07) is 0. The number of hydrogen-bond donors (Lipinski definition) is 0. The molecule has 362 valence electrons. The van der Waals surface area contributed by atoms with E-state index in [4.69, 9.17) is 14.2 Å². The summed E-state index contributed by atoms with van der Waals surface area (Å²) >= 11 is 0. The number of unbranched alkanes of at least 4 members (excludes halogenated alkanes) is 16. The maximum Gasteiger partial charge on any atom is 0.306 e. The van der Waals surface area contributed by atoms with Crippen molar-refractivity contribution in [2.75, 3.05) is 13.2 Å². The van der Waals surface area contributed by atoms with Gasteiger partial charge in [0.15, 0.2) is 6.10 Å². The number of allylic oxidation sites excluding steroid dienone is 18. The van der Waals surface area contributed by atoms with Gasteiger partial charge in [0.25, 0.3) is 0 Å². The molecule has 0 aliphatic heterocycles. The topological polar surface area (TPSA) is 78.9 Å². The number of carbonyl (C=O) groups excluding carboxylic acids is 3. The second kappa shape index (κ2) is 51.7. The Hall–Kier alpha value is -3.93. The number of carbonyl (C=O) groups is 3. The van der Waals surface area contributed by atoms with Crippen LogP contribution in [0.3, 0.4) is 0 Å². The first-order chi connectivity index (χ1) is 31.5. The highest BCUT2D eigenvalue weighted by molar-refractivity contribution is 5.71. The lowest BCUT2D eigenvalue weighted by molar-refractivity contribution is -0.166. The van der Waals surface area contributed by atoms with Crippen molar-refractivity contribution in [3.05, 3.63) is 109 Å². The molecule has 64 heavy (non-hydrogen) atoms. The Morgan fingerprint density at radius 2 is 0.641 bits per heavy atom. The molecule has 0 fully saturated rings. The van der Waals surface area contributed by atoms with E-state index in [0.29, 0.717) is 19.3 Å². The quantitative estimate of drug-likeness (QED) is 0.0262. The van der Waals surface area contributed by atoms with E-state index >= 15 is 0 Å². The van der Waals surface area contributed by atoms with Crippen LogP contribution in [0.2, 0.25) is 0 Å². The molecule has 0 aromatic carbocycles. The zero-order valence-corrected chi connectivity index (χ0v) is 41.3. The van der Waals surface area contributed by atoms with Crippen molar-refractivity contribution in [1.29, 1.82) is 0 Å². The van der Waals surface area contributed by atoms with E-state index in [1.54, 1.807) is 0 Å². The number of hydrogen-bond acceptors (Lipinski definition) is 6. The minimum atomic E-state index is -0.823. The van der Waals surface area contributed by atoms with E-state index in [-0.39, 0.29) is 31.6 Å². The molecule has 0 amide bonds. The molecule has 1 unspecified atom stereocenters. The van der Waals surface area contributed by atoms with Gasteiger partial charge in [-0.25, -0.2) is 0 Å². The van der Waals surface area contributed by atoms with Crippen LogP contribution in [0.4, 0.5) is 0 Å². The molecule has 6 heteroatoms. The third-order valence-corrected chi connectivity index (χ3v) is 10.5. The summed E-state index contributed by atoms with van der Waals surface area (Å²) in [7, 11) is 0. The SMILES string of the molecule is CC/C=C\C/C=C\C/C=C\C/C=C\C/C=C\CCCCCCCC(=O)OCC(COC(=O)CCCCCCCCCCCCCC)OC(=O)CC/C=C\C/C=C\C/C=C\C/C=C\CC. The highest BCUT2D eigenvalue weighted by atomic mass is 16.6. The fourth-order valence-corrected chi connectivity index (χ4v) is 6.72. The zero-order chi connectivity index (χ0) is 46.5. The van der Waals surface area contributed by atoms with Crippen molar-refractivity contribution in [1.82, 2.24) is 0 Å². The Kier molecular flexibility index (Phi) is 48.5. The monoisotopic (exact) mass is 887 g/mol. The van der Waals surface area contributed by atoms with Crippen LogP contribution in [0, 0.1) is 0 Å². The van der Waals surface area contributed by atoms with Crippen LogP contribution >= 0.6 is 0 Å². The van der Waals surface area contributed by atoms with Gasteiger partial charge in [-0.2, -0.15) is 0 Å². The van der Waals surface area contributed by atoms with Crippen molar-refractivity contribution < 1.29 is 28.6 Å². The average molecular weight is 887 g/mol. The van der Waals surface area contributed by atoms with Gasteiger partial charge >= 0.3 is 17.9 Å². The van der Waals surface area contributed by atoms with E-state index in [0.717, 1.165) is 116 Å². The van der Waals surface area contributed by atoms with Crippen molar-refractivity contribution >= 4 is 17.9 Å². The molecule has 0 aromatic heterocycles.